The van der Waals surface area contributed by atoms with Crippen LogP contribution in [0.2, 0.25) is 0 Å². The highest BCUT2D eigenvalue weighted by molar-refractivity contribution is 5.85. The summed E-state index contributed by atoms with van der Waals surface area (Å²) in [5.74, 6) is -1.16. The number of nitrogens with two attached hydrogens (primary N) is 1. The fourth-order valence-corrected chi connectivity index (χ4v) is 3.74. The zero-order valence-electron chi connectivity index (χ0n) is 15.7. The molecule has 27 heavy (non-hydrogen) atoms. The second-order valence-electron chi connectivity index (χ2n) is 6.89. The van der Waals surface area contributed by atoms with Gasteiger partial charge in [-0.1, -0.05) is 25.5 Å². The highest BCUT2D eigenvalue weighted by Crippen LogP contribution is 2.29. The summed E-state index contributed by atoms with van der Waals surface area (Å²) >= 11 is 0. The third-order valence-corrected chi connectivity index (χ3v) is 5.07. The minimum atomic E-state index is -0.754. The number of aryl methyl sites for hydroxylation is 2. The van der Waals surface area contributed by atoms with Crippen molar-refractivity contribution in [2.75, 3.05) is 6.54 Å². The Morgan fingerprint density at radius 2 is 2.11 bits per heavy atom. The molecule has 0 bridgehead atoms. The van der Waals surface area contributed by atoms with Gasteiger partial charge in [-0.2, -0.15) is 0 Å². The number of nitrogens with zero attached hydrogens (tertiary/aromatic N) is 2. The van der Waals surface area contributed by atoms with Gasteiger partial charge in [0.1, 0.15) is 0 Å². The van der Waals surface area contributed by atoms with E-state index in [2.05, 4.69) is 34.7 Å². The minimum absolute atomic E-state index is 0. The topological polar surface area (TPSA) is 81.1 Å². The predicted molar refractivity (Wildman–Crippen MR) is 113 cm³/mol. The van der Waals surface area contributed by atoms with Crippen LogP contribution in [-0.2, 0) is 30.5 Å². The molecule has 0 saturated carbocycles. The van der Waals surface area contributed by atoms with Gasteiger partial charge in [-0.05, 0) is 55.8 Å². The molecule has 3 N–H and O–H groups in total. The van der Waals surface area contributed by atoms with Crippen molar-refractivity contribution in [1.82, 2.24) is 9.55 Å². The maximum absolute atomic E-state index is 11.5. The van der Waals surface area contributed by atoms with Crippen molar-refractivity contribution in [2.45, 2.75) is 51.9 Å². The Morgan fingerprint density at radius 3 is 2.78 bits per heavy atom. The number of hydrogen-bond donors (Lipinski definition) is 2. The first-order chi connectivity index (χ1) is 12.1. The Kier molecular flexibility index (Phi) is 9.30. The number of carbonyl (C=O) groups is 1. The zero-order chi connectivity index (χ0) is 17.8. The van der Waals surface area contributed by atoms with Gasteiger partial charge in [0.05, 0.1) is 17.9 Å². The summed E-state index contributed by atoms with van der Waals surface area (Å²) in [6.07, 6.45) is 7.85. The number of hydrogen-bond acceptors (Lipinski definition) is 3. The van der Waals surface area contributed by atoms with Crippen LogP contribution in [0.3, 0.4) is 0 Å². The molecule has 1 atom stereocenters. The van der Waals surface area contributed by atoms with Gasteiger partial charge in [0.25, 0.3) is 0 Å². The largest absolute Gasteiger partial charge is 0.481 e. The Bertz CT molecular complexity index is 762. The van der Waals surface area contributed by atoms with Crippen LogP contribution in [0.1, 0.15) is 48.7 Å². The Morgan fingerprint density at radius 1 is 1.33 bits per heavy atom. The van der Waals surface area contributed by atoms with Gasteiger partial charge in [0.15, 0.2) is 0 Å². The maximum atomic E-state index is 11.5. The standard InChI is InChI=1S/C20H27N3O2.2ClH/c1-2-4-14-6-8-18-15(11-14)7-9-19-17(22-13-23(18)19)12-16(20(24)25)5-3-10-21;;/h6,8,11,13,16H,2-5,7,9-10,12,21H2,1H3,(H,24,25);2*1H. The van der Waals surface area contributed by atoms with E-state index in [-0.39, 0.29) is 24.8 Å². The molecule has 2 aromatic rings. The Balaban J connectivity index is 0.00000182. The summed E-state index contributed by atoms with van der Waals surface area (Å²) < 4.78 is 2.14. The smallest absolute Gasteiger partial charge is 0.306 e. The van der Waals surface area contributed by atoms with Crippen LogP contribution in [0.15, 0.2) is 24.5 Å². The molecule has 0 amide bonds. The van der Waals surface area contributed by atoms with Crippen molar-refractivity contribution in [3.8, 4) is 5.69 Å². The lowest BCUT2D eigenvalue weighted by Crippen LogP contribution is -2.20. The van der Waals surface area contributed by atoms with Crippen LogP contribution in [0.5, 0.6) is 0 Å². The minimum Gasteiger partial charge on any atom is -0.481 e. The number of imidazole rings is 1. The molecule has 1 aromatic heterocycles. The lowest BCUT2D eigenvalue weighted by Gasteiger charge is -2.21. The summed E-state index contributed by atoms with van der Waals surface area (Å²) in [4.78, 5) is 16.1. The summed E-state index contributed by atoms with van der Waals surface area (Å²) in [5.41, 5.74) is 11.6. The number of aromatic nitrogens is 2. The number of rotatable bonds is 8. The number of aliphatic carboxylic acids is 1. The van der Waals surface area contributed by atoms with E-state index < -0.39 is 11.9 Å². The van der Waals surface area contributed by atoms with E-state index in [0.29, 0.717) is 19.4 Å². The Labute approximate surface area is 173 Å². The number of carboxylic acid groups (broad SMARTS) is 1. The van der Waals surface area contributed by atoms with Gasteiger partial charge in [-0.3, -0.25) is 4.79 Å². The van der Waals surface area contributed by atoms with Crippen molar-refractivity contribution in [1.29, 1.82) is 0 Å². The van der Waals surface area contributed by atoms with Crippen LogP contribution >= 0.6 is 24.8 Å². The number of halogens is 2. The number of benzene rings is 1. The van der Waals surface area contributed by atoms with Gasteiger partial charge in [0, 0.05) is 17.8 Å². The van der Waals surface area contributed by atoms with E-state index in [4.69, 9.17) is 5.73 Å². The second kappa shape index (κ2) is 10.7. The highest BCUT2D eigenvalue weighted by Gasteiger charge is 2.24. The predicted octanol–water partition coefficient (Wildman–Crippen LogP) is 3.75. The number of carboxylic acids is 1. The molecule has 150 valence electrons. The van der Waals surface area contributed by atoms with Crippen LogP contribution in [0, 0.1) is 5.92 Å². The van der Waals surface area contributed by atoms with Crippen molar-refractivity contribution < 1.29 is 9.90 Å². The molecule has 1 aromatic carbocycles. The third kappa shape index (κ3) is 5.24. The van der Waals surface area contributed by atoms with Crippen LogP contribution in [0.25, 0.3) is 5.69 Å². The first kappa shape index (κ1) is 23.5. The average Bonchev–Trinajstić information content (AvgIpc) is 3.01. The summed E-state index contributed by atoms with van der Waals surface area (Å²) in [7, 11) is 0. The molecule has 3 rings (SSSR count). The summed E-state index contributed by atoms with van der Waals surface area (Å²) in [5, 5.41) is 9.47. The molecular formula is C20H29Cl2N3O2. The van der Waals surface area contributed by atoms with E-state index in [1.807, 2.05) is 6.33 Å². The summed E-state index contributed by atoms with van der Waals surface area (Å²) in [6, 6.07) is 6.68. The second-order valence-corrected chi connectivity index (χ2v) is 6.89. The van der Waals surface area contributed by atoms with Gasteiger partial charge in [-0.25, -0.2) is 4.98 Å². The van der Waals surface area contributed by atoms with E-state index in [1.54, 1.807) is 0 Å². The lowest BCUT2D eigenvalue weighted by atomic mass is 9.93. The molecule has 0 aliphatic carbocycles. The SMILES string of the molecule is CCCc1ccc2c(c1)CCc1c(CC(CCCN)C(=O)O)ncn1-2.Cl.Cl. The lowest BCUT2D eigenvalue weighted by molar-refractivity contribution is -0.142. The molecule has 7 heteroatoms. The van der Waals surface area contributed by atoms with E-state index >= 15 is 0 Å². The first-order valence-electron chi connectivity index (χ1n) is 9.24. The average molecular weight is 414 g/mol. The molecule has 0 spiro atoms. The zero-order valence-corrected chi connectivity index (χ0v) is 17.3. The van der Waals surface area contributed by atoms with Crippen LogP contribution < -0.4 is 5.73 Å². The van der Waals surface area contributed by atoms with E-state index in [1.165, 1.54) is 16.8 Å². The van der Waals surface area contributed by atoms with Crippen LogP contribution in [-0.4, -0.2) is 27.2 Å². The molecule has 5 nitrogen and oxygen atoms in total. The van der Waals surface area contributed by atoms with Crippen molar-refractivity contribution in [3.05, 3.63) is 47.0 Å². The van der Waals surface area contributed by atoms with Crippen LogP contribution in [0.4, 0.5) is 0 Å². The molecular weight excluding hydrogens is 385 g/mol. The molecule has 0 radical (unpaired) electrons. The monoisotopic (exact) mass is 413 g/mol. The van der Waals surface area contributed by atoms with Gasteiger partial charge >= 0.3 is 5.97 Å². The van der Waals surface area contributed by atoms with E-state index in [0.717, 1.165) is 43.5 Å². The van der Waals surface area contributed by atoms with Crippen molar-refractivity contribution in [3.63, 3.8) is 0 Å². The molecule has 1 aliphatic heterocycles. The molecule has 0 saturated heterocycles. The normalized spacial score (nSPS) is 13.0. The quantitative estimate of drug-likeness (QED) is 0.690. The maximum Gasteiger partial charge on any atom is 0.306 e. The van der Waals surface area contributed by atoms with Gasteiger partial charge < -0.3 is 15.4 Å². The number of fused-ring (bicyclic) bond motifs is 3. The fourth-order valence-electron chi connectivity index (χ4n) is 3.74. The summed E-state index contributed by atoms with van der Waals surface area (Å²) in [6.45, 7) is 2.72. The molecule has 1 aliphatic rings. The molecule has 2 heterocycles. The van der Waals surface area contributed by atoms with Crippen molar-refractivity contribution >= 4 is 30.8 Å². The van der Waals surface area contributed by atoms with Gasteiger partial charge in [0.2, 0.25) is 0 Å². The highest BCUT2D eigenvalue weighted by atomic mass is 35.5. The van der Waals surface area contributed by atoms with Gasteiger partial charge in [-0.15, -0.1) is 24.8 Å². The molecule has 1 unspecified atom stereocenters. The first-order valence-corrected chi connectivity index (χ1v) is 9.24. The third-order valence-electron chi connectivity index (χ3n) is 5.07. The molecule has 0 fully saturated rings. The Hall–Kier alpha value is -1.56. The van der Waals surface area contributed by atoms with Crippen molar-refractivity contribution in [2.24, 2.45) is 11.7 Å². The fraction of sp³-hybridized carbons (Fsp3) is 0.500. The van der Waals surface area contributed by atoms with E-state index in [9.17, 15) is 9.90 Å².